The molecular weight excluding hydrogens is 284 g/mol. The number of hydrogen-bond acceptors (Lipinski definition) is 4. The second kappa shape index (κ2) is 6.43. The minimum Gasteiger partial charge on any atom is -0.481 e. The van der Waals surface area contributed by atoms with Gasteiger partial charge in [-0.15, -0.1) is 0 Å². The summed E-state index contributed by atoms with van der Waals surface area (Å²) in [5, 5.41) is 13.0. The average molecular weight is 302 g/mol. The minimum absolute atomic E-state index is 0.0223. The summed E-state index contributed by atoms with van der Waals surface area (Å²) >= 11 is 0. The van der Waals surface area contributed by atoms with Crippen LogP contribution in [0.3, 0.4) is 0 Å². The largest absolute Gasteiger partial charge is 0.481 e. The Morgan fingerprint density at radius 2 is 2.00 bits per heavy atom. The van der Waals surface area contributed by atoms with Gasteiger partial charge in [0.1, 0.15) is 5.76 Å². The summed E-state index contributed by atoms with van der Waals surface area (Å²) in [4.78, 5) is 25.2. The van der Waals surface area contributed by atoms with Gasteiger partial charge in [-0.3, -0.25) is 14.5 Å². The lowest BCUT2D eigenvalue weighted by Crippen LogP contribution is -2.37. The Hall–Kier alpha value is -2.63. The van der Waals surface area contributed by atoms with Crippen LogP contribution in [0, 0.1) is 19.8 Å². The standard InChI is InChI=1S/C16H18N2O4/c1-10-6-4-5-7-13(10)15(19)18(9-11(2)16(20)21)14-8-12(3)22-17-14/h4-8,11H,9H2,1-3H3,(H,20,21). The third-order valence-electron chi connectivity index (χ3n) is 3.39. The lowest BCUT2D eigenvalue weighted by Gasteiger charge is -2.22. The van der Waals surface area contributed by atoms with E-state index in [2.05, 4.69) is 5.16 Å². The molecule has 22 heavy (non-hydrogen) atoms. The number of aryl methyl sites for hydroxylation is 2. The number of aromatic nitrogens is 1. The molecule has 0 saturated heterocycles. The number of benzene rings is 1. The molecule has 0 bridgehead atoms. The van der Waals surface area contributed by atoms with Gasteiger partial charge in [-0.1, -0.05) is 30.3 Å². The van der Waals surface area contributed by atoms with Crippen molar-refractivity contribution in [3.63, 3.8) is 0 Å². The predicted molar refractivity (Wildman–Crippen MR) is 80.9 cm³/mol. The summed E-state index contributed by atoms with van der Waals surface area (Å²) in [6, 6.07) is 8.78. The summed E-state index contributed by atoms with van der Waals surface area (Å²) < 4.78 is 5.01. The van der Waals surface area contributed by atoms with Crippen molar-refractivity contribution >= 4 is 17.7 Å². The van der Waals surface area contributed by atoms with E-state index in [0.717, 1.165) is 5.56 Å². The first-order chi connectivity index (χ1) is 10.4. The molecule has 0 saturated carbocycles. The first kappa shape index (κ1) is 15.8. The van der Waals surface area contributed by atoms with Crippen LogP contribution in [0.5, 0.6) is 0 Å². The molecule has 2 rings (SSSR count). The van der Waals surface area contributed by atoms with Crippen LogP contribution in [-0.4, -0.2) is 28.7 Å². The molecule has 1 heterocycles. The van der Waals surface area contributed by atoms with Gasteiger partial charge in [-0.05, 0) is 25.5 Å². The van der Waals surface area contributed by atoms with E-state index in [1.807, 2.05) is 19.1 Å². The van der Waals surface area contributed by atoms with Gasteiger partial charge in [0.2, 0.25) is 0 Å². The Bertz CT molecular complexity index is 693. The van der Waals surface area contributed by atoms with E-state index in [1.165, 1.54) is 4.90 Å². The quantitative estimate of drug-likeness (QED) is 0.918. The number of aliphatic carboxylic acids is 1. The van der Waals surface area contributed by atoms with Crippen molar-refractivity contribution in [2.75, 3.05) is 11.4 Å². The number of nitrogens with zero attached hydrogens (tertiary/aromatic N) is 2. The molecule has 0 aliphatic rings. The van der Waals surface area contributed by atoms with Crippen molar-refractivity contribution in [3.8, 4) is 0 Å². The second-order valence-corrected chi connectivity index (χ2v) is 5.27. The third kappa shape index (κ3) is 3.33. The topological polar surface area (TPSA) is 83.6 Å². The third-order valence-corrected chi connectivity index (χ3v) is 3.39. The Kier molecular flexibility index (Phi) is 4.60. The number of carbonyl (C=O) groups excluding carboxylic acids is 1. The van der Waals surface area contributed by atoms with Crippen LogP contribution in [0.4, 0.5) is 5.82 Å². The number of carboxylic acid groups (broad SMARTS) is 1. The highest BCUT2D eigenvalue weighted by Crippen LogP contribution is 2.20. The number of carbonyl (C=O) groups is 2. The maximum Gasteiger partial charge on any atom is 0.308 e. The van der Waals surface area contributed by atoms with Gasteiger partial charge < -0.3 is 9.63 Å². The van der Waals surface area contributed by atoms with Crippen molar-refractivity contribution in [2.24, 2.45) is 5.92 Å². The van der Waals surface area contributed by atoms with Crippen molar-refractivity contribution < 1.29 is 19.2 Å². The van der Waals surface area contributed by atoms with Gasteiger partial charge in [0.25, 0.3) is 5.91 Å². The maximum absolute atomic E-state index is 12.8. The lowest BCUT2D eigenvalue weighted by molar-refractivity contribution is -0.140. The van der Waals surface area contributed by atoms with Crippen LogP contribution < -0.4 is 4.90 Å². The summed E-state index contributed by atoms with van der Waals surface area (Å²) in [6.07, 6.45) is 0. The Balaban J connectivity index is 2.37. The van der Waals surface area contributed by atoms with Gasteiger partial charge in [-0.25, -0.2) is 0 Å². The fourth-order valence-electron chi connectivity index (χ4n) is 2.07. The van der Waals surface area contributed by atoms with Gasteiger partial charge in [0.15, 0.2) is 5.82 Å². The highest BCUT2D eigenvalue weighted by molar-refractivity contribution is 6.06. The molecule has 0 fully saturated rings. The molecule has 0 spiro atoms. The van der Waals surface area contributed by atoms with Gasteiger partial charge in [0.05, 0.1) is 5.92 Å². The van der Waals surface area contributed by atoms with E-state index < -0.39 is 11.9 Å². The van der Waals surface area contributed by atoms with Crippen LogP contribution in [0.25, 0.3) is 0 Å². The van der Waals surface area contributed by atoms with Gasteiger partial charge in [0, 0.05) is 18.2 Å². The molecule has 1 amide bonds. The summed E-state index contributed by atoms with van der Waals surface area (Å²) in [5.41, 5.74) is 1.33. The minimum atomic E-state index is -0.970. The van der Waals surface area contributed by atoms with E-state index in [9.17, 15) is 9.59 Å². The zero-order chi connectivity index (χ0) is 16.3. The van der Waals surface area contributed by atoms with Crippen molar-refractivity contribution in [1.82, 2.24) is 5.16 Å². The molecule has 1 aromatic heterocycles. The number of anilines is 1. The van der Waals surface area contributed by atoms with E-state index in [1.54, 1.807) is 32.0 Å². The Morgan fingerprint density at radius 1 is 1.32 bits per heavy atom. The zero-order valence-corrected chi connectivity index (χ0v) is 12.7. The maximum atomic E-state index is 12.8. The number of rotatable bonds is 5. The Morgan fingerprint density at radius 3 is 2.55 bits per heavy atom. The van der Waals surface area contributed by atoms with Crippen LogP contribution >= 0.6 is 0 Å². The molecule has 1 aromatic carbocycles. The van der Waals surface area contributed by atoms with Crippen molar-refractivity contribution in [1.29, 1.82) is 0 Å². The van der Waals surface area contributed by atoms with Crippen molar-refractivity contribution in [2.45, 2.75) is 20.8 Å². The summed E-state index contributed by atoms with van der Waals surface area (Å²) in [5.74, 6) is -1.10. The molecule has 1 N–H and O–H groups in total. The normalized spacial score (nSPS) is 12.0. The smallest absolute Gasteiger partial charge is 0.308 e. The highest BCUT2D eigenvalue weighted by Gasteiger charge is 2.26. The fraction of sp³-hybridized carbons (Fsp3) is 0.312. The SMILES string of the molecule is Cc1cc(N(CC(C)C(=O)O)C(=O)c2ccccc2C)no1. The first-order valence-electron chi connectivity index (χ1n) is 6.93. The van der Waals surface area contributed by atoms with E-state index in [0.29, 0.717) is 17.1 Å². The number of carboxylic acids is 1. The number of hydrogen-bond donors (Lipinski definition) is 1. The van der Waals surface area contributed by atoms with Crippen LogP contribution in [0.1, 0.15) is 28.6 Å². The predicted octanol–water partition coefficient (Wildman–Crippen LogP) is 2.66. The van der Waals surface area contributed by atoms with Crippen LogP contribution in [0.15, 0.2) is 34.9 Å². The molecule has 1 unspecified atom stereocenters. The summed E-state index contributed by atoms with van der Waals surface area (Å²) in [7, 11) is 0. The Labute approximate surface area is 128 Å². The van der Waals surface area contributed by atoms with E-state index in [-0.39, 0.29) is 12.5 Å². The van der Waals surface area contributed by atoms with Crippen LogP contribution in [0.2, 0.25) is 0 Å². The first-order valence-corrected chi connectivity index (χ1v) is 6.93. The molecular formula is C16H18N2O4. The summed E-state index contributed by atoms with van der Waals surface area (Å²) in [6.45, 7) is 5.12. The highest BCUT2D eigenvalue weighted by atomic mass is 16.5. The molecule has 6 nitrogen and oxygen atoms in total. The molecule has 2 aromatic rings. The molecule has 0 radical (unpaired) electrons. The molecule has 0 aliphatic carbocycles. The van der Waals surface area contributed by atoms with Crippen LogP contribution in [-0.2, 0) is 4.79 Å². The zero-order valence-electron chi connectivity index (χ0n) is 12.7. The fourth-order valence-corrected chi connectivity index (χ4v) is 2.07. The average Bonchev–Trinajstić information content (AvgIpc) is 2.90. The number of amides is 1. The monoisotopic (exact) mass is 302 g/mol. The van der Waals surface area contributed by atoms with E-state index >= 15 is 0 Å². The molecule has 6 heteroatoms. The molecule has 1 atom stereocenters. The second-order valence-electron chi connectivity index (χ2n) is 5.27. The lowest BCUT2D eigenvalue weighted by atomic mass is 10.1. The van der Waals surface area contributed by atoms with E-state index in [4.69, 9.17) is 9.63 Å². The van der Waals surface area contributed by atoms with Gasteiger partial charge in [-0.2, -0.15) is 0 Å². The van der Waals surface area contributed by atoms with Crippen molar-refractivity contribution in [3.05, 3.63) is 47.2 Å². The molecule has 116 valence electrons. The molecule has 0 aliphatic heterocycles. The van der Waals surface area contributed by atoms with Gasteiger partial charge >= 0.3 is 5.97 Å².